The minimum atomic E-state index is -3.84. The molecule has 9 nitrogen and oxygen atoms in total. The Bertz CT molecular complexity index is 1020. The molecule has 2 aromatic heterocycles. The second kappa shape index (κ2) is 6.65. The number of sulfonamides is 1. The number of benzene rings is 1. The van der Waals surface area contributed by atoms with Gasteiger partial charge >= 0.3 is 0 Å². The molecular weight excluding hydrogens is 344 g/mol. The molecule has 0 unspecified atom stereocenters. The molecule has 0 amide bonds. The normalized spacial score (nSPS) is 11.6. The van der Waals surface area contributed by atoms with E-state index in [0.29, 0.717) is 30.3 Å². The van der Waals surface area contributed by atoms with Crippen molar-refractivity contribution in [3.8, 4) is 5.75 Å². The van der Waals surface area contributed by atoms with Crippen molar-refractivity contribution in [2.45, 2.75) is 18.2 Å². The molecule has 0 atom stereocenters. The number of rotatable bonds is 6. The number of aromatic nitrogens is 4. The van der Waals surface area contributed by atoms with Crippen LogP contribution in [0.4, 0.5) is 5.82 Å². The topological polar surface area (TPSA) is 124 Å². The van der Waals surface area contributed by atoms with Gasteiger partial charge in [0, 0.05) is 6.54 Å². The van der Waals surface area contributed by atoms with Crippen molar-refractivity contribution in [3.05, 3.63) is 41.7 Å². The zero-order valence-electron chi connectivity index (χ0n) is 13.8. The summed E-state index contributed by atoms with van der Waals surface area (Å²) in [5.74, 6) is 1.53. The standard InChI is InChI=1S/C15H18N6O3S/c1-10-18-15-6-5-14(20-21(15)19-10)17-8-7-11-3-4-12(24-2)13(9-11)25(16,22)23/h3-6,9H,7-8H2,1-2H3,(H,17,20)(H2,16,22,23). The fourth-order valence-corrected chi connectivity index (χ4v) is 3.16. The van der Waals surface area contributed by atoms with Gasteiger partial charge in [0.1, 0.15) is 22.3 Å². The third-order valence-corrected chi connectivity index (χ3v) is 4.50. The minimum Gasteiger partial charge on any atom is -0.495 e. The molecule has 0 aliphatic rings. The smallest absolute Gasteiger partial charge is 0.241 e. The van der Waals surface area contributed by atoms with Gasteiger partial charge in [0.05, 0.1) is 7.11 Å². The summed E-state index contributed by atoms with van der Waals surface area (Å²) in [6.45, 7) is 2.36. The van der Waals surface area contributed by atoms with Crippen LogP contribution in [-0.4, -0.2) is 41.9 Å². The van der Waals surface area contributed by atoms with Gasteiger partial charge < -0.3 is 10.1 Å². The summed E-state index contributed by atoms with van der Waals surface area (Å²) < 4.78 is 29.8. The van der Waals surface area contributed by atoms with E-state index in [0.717, 1.165) is 5.56 Å². The summed E-state index contributed by atoms with van der Waals surface area (Å²) in [7, 11) is -2.44. The van der Waals surface area contributed by atoms with Crippen LogP contribution in [0.2, 0.25) is 0 Å². The van der Waals surface area contributed by atoms with Crippen LogP contribution >= 0.6 is 0 Å². The van der Waals surface area contributed by atoms with Gasteiger partial charge in [-0.15, -0.1) is 14.8 Å². The second-order valence-electron chi connectivity index (χ2n) is 5.43. The third-order valence-electron chi connectivity index (χ3n) is 3.57. The average molecular weight is 362 g/mol. The summed E-state index contributed by atoms with van der Waals surface area (Å²) in [5.41, 5.74) is 1.49. The molecule has 0 bridgehead atoms. The summed E-state index contributed by atoms with van der Waals surface area (Å²) in [6, 6.07) is 8.55. The summed E-state index contributed by atoms with van der Waals surface area (Å²) in [6.07, 6.45) is 0.586. The molecule has 0 saturated heterocycles. The van der Waals surface area contributed by atoms with Crippen molar-refractivity contribution >= 4 is 21.5 Å². The van der Waals surface area contributed by atoms with Crippen molar-refractivity contribution in [1.29, 1.82) is 0 Å². The van der Waals surface area contributed by atoms with Crippen LogP contribution in [0.3, 0.4) is 0 Å². The molecule has 0 radical (unpaired) electrons. The van der Waals surface area contributed by atoms with Crippen molar-refractivity contribution in [2.24, 2.45) is 5.14 Å². The lowest BCUT2D eigenvalue weighted by Crippen LogP contribution is -2.14. The maximum absolute atomic E-state index is 11.6. The van der Waals surface area contributed by atoms with Crippen LogP contribution in [0.1, 0.15) is 11.4 Å². The monoisotopic (exact) mass is 362 g/mol. The first-order chi connectivity index (χ1) is 11.9. The van der Waals surface area contributed by atoms with Crippen molar-refractivity contribution < 1.29 is 13.2 Å². The molecule has 0 spiro atoms. The zero-order chi connectivity index (χ0) is 18.0. The number of fused-ring (bicyclic) bond motifs is 1. The minimum absolute atomic E-state index is 0.0230. The molecule has 0 aliphatic heterocycles. The Morgan fingerprint density at radius 3 is 2.76 bits per heavy atom. The van der Waals surface area contributed by atoms with E-state index in [4.69, 9.17) is 9.88 Å². The Kier molecular flexibility index (Phi) is 4.55. The van der Waals surface area contributed by atoms with E-state index in [9.17, 15) is 8.42 Å². The fraction of sp³-hybridized carbons (Fsp3) is 0.267. The highest BCUT2D eigenvalue weighted by atomic mass is 32.2. The van der Waals surface area contributed by atoms with E-state index in [1.54, 1.807) is 19.1 Å². The van der Waals surface area contributed by atoms with Crippen molar-refractivity contribution in [3.63, 3.8) is 0 Å². The number of methoxy groups -OCH3 is 1. The Balaban J connectivity index is 1.70. The lowest BCUT2D eigenvalue weighted by atomic mass is 10.1. The first-order valence-corrected chi connectivity index (χ1v) is 9.06. The summed E-state index contributed by atoms with van der Waals surface area (Å²) >= 11 is 0. The van der Waals surface area contributed by atoms with E-state index in [2.05, 4.69) is 20.5 Å². The largest absolute Gasteiger partial charge is 0.495 e. The molecule has 132 valence electrons. The first-order valence-electron chi connectivity index (χ1n) is 7.51. The van der Waals surface area contributed by atoms with Gasteiger partial charge in [-0.3, -0.25) is 0 Å². The third kappa shape index (κ3) is 3.86. The van der Waals surface area contributed by atoms with E-state index in [-0.39, 0.29) is 10.6 Å². The van der Waals surface area contributed by atoms with Gasteiger partial charge in [-0.05, 0) is 43.2 Å². The summed E-state index contributed by atoms with van der Waals surface area (Å²) in [5, 5.41) is 16.9. The number of hydrogen-bond acceptors (Lipinski definition) is 7. The Hall–Kier alpha value is -2.72. The quantitative estimate of drug-likeness (QED) is 0.662. The van der Waals surface area contributed by atoms with E-state index >= 15 is 0 Å². The highest BCUT2D eigenvalue weighted by molar-refractivity contribution is 7.89. The van der Waals surface area contributed by atoms with Gasteiger partial charge in [-0.25, -0.2) is 18.5 Å². The Morgan fingerprint density at radius 1 is 1.24 bits per heavy atom. The first kappa shape index (κ1) is 17.1. The van der Waals surface area contributed by atoms with Crippen molar-refractivity contribution in [2.75, 3.05) is 19.0 Å². The molecule has 3 rings (SSSR count). The predicted octanol–water partition coefficient (Wildman–Crippen LogP) is 0.743. The van der Waals surface area contributed by atoms with Crippen LogP contribution in [0.25, 0.3) is 5.65 Å². The highest BCUT2D eigenvalue weighted by Crippen LogP contribution is 2.23. The van der Waals surface area contributed by atoms with E-state index in [1.165, 1.54) is 17.8 Å². The lowest BCUT2D eigenvalue weighted by Gasteiger charge is -2.10. The van der Waals surface area contributed by atoms with Crippen LogP contribution < -0.4 is 15.2 Å². The van der Waals surface area contributed by atoms with Gasteiger partial charge in [-0.2, -0.15) is 0 Å². The average Bonchev–Trinajstić information content (AvgIpc) is 2.93. The van der Waals surface area contributed by atoms with Gasteiger partial charge in [0.2, 0.25) is 10.0 Å². The Labute approximate surface area is 144 Å². The predicted molar refractivity (Wildman–Crippen MR) is 92.1 cm³/mol. The van der Waals surface area contributed by atoms with E-state index < -0.39 is 10.0 Å². The molecule has 25 heavy (non-hydrogen) atoms. The van der Waals surface area contributed by atoms with Crippen LogP contribution in [0, 0.1) is 6.92 Å². The van der Waals surface area contributed by atoms with Crippen LogP contribution in [0.15, 0.2) is 35.2 Å². The number of nitrogens with two attached hydrogens (primary N) is 1. The lowest BCUT2D eigenvalue weighted by molar-refractivity contribution is 0.402. The van der Waals surface area contributed by atoms with Gasteiger partial charge in [0.15, 0.2) is 5.65 Å². The summed E-state index contributed by atoms with van der Waals surface area (Å²) in [4.78, 5) is 4.19. The fourth-order valence-electron chi connectivity index (χ4n) is 2.42. The number of anilines is 1. The number of hydrogen-bond donors (Lipinski definition) is 2. The molecular formula is C15H18N6O3S. The van der Waals surface area contributed by atoms with Crippen LogP contribution in [0.5, 0.6) is 5.75 Å². The maximum atomic E-state index is 11.6. The number of primary sulfonamides is 1. The van der Waals surface area contributed by atoms with Gasteiger partial charge in [-0.1, -0.05) is 6.07 Å². The number of nitrogens with one attached hydrogen (secondary N) is 1. The van der Waals surface area contributed by atoms with Gasteiger partial charge in [0.25, 0.3) is 0 Å². The molecule has 1 aromatic carbocycles. The van der Waals surface area contributed by atoms with Crippen molar-refractivity contribution in [1.82, 2.24) is 19.8 Å². The Morgan fingerprint density at radius 2 is 2.04 bits per heavy atom. The molecule has 0 aliphatic carbocycles. The number of ether oxygens (including phenoxy) is 1. The van der Waals surface area contributed by atoms with E-state index in [1.807, 2.05) is 12.1 Å². The molecule has 10 heteroatoms. The van der Waals surface area contributed by atoms with Crippen LogP contribution in [-0.2, 0) is 16.4 Å². The molecule has 0 fully saturated rings. The zero-order valence-corrected chi connectivity index (χ0v) is 14.6. The maximum Gasteiger partial charge on any atom is 0.241 e. The molecule has 3 N–H and O–H groups in total. The SMILES string of the molecule is COc1ccc(CCNc2ccc3nc(C)nn3n2)cc1S(N)(=O)=O. The second-order valence-corrected chi connectivity index (χ2v) is 6.96. The molecule has 2 heterocycles. The number of nitrogens with zero attached hydrogens (tertiary/aromatic N) is 4. The molecule has 3 aromatic rings. The number of aryl methyl sites for hydroxylation is 1. The molecule has 0 saturated carbocycles. The highest BCUT2D eigenvalue weighted by Gasteiger charge is 2.15.